The third-order valence-electron chi connectivity index (χ3n) is 5.21. The van der Waals surface area contributed by atoms with E-state index in [0.29, 0.717) is 30.2 Å². The van der Waals surface area contributed by atoms with Gasteiger partial charge in [0.25, 0.3) is 0 Å². The van der Waals surface area contributed by atoms with E-state index in [-0.39, 0.29) is 18.0 Å². The first-order valence-electron chi connectivity index (χ1n) is 10.9. The average molecular weight is 457 g/mol. The Morgan fingerprint density at radius 2 is 1.91 bits per heavy atom. The van der Waals surface area contributed by atoms with Crippen molar-refractivity contribution in [1.29, 1.82) is 0 Å². The zero-order valence-electron chi connectivity index (χ0n) is 19.5. The van der Waals surface area contributed by atoms with Crippen molar-refractivity contribution >= 4 is 17.6 Å². The summed E-state index contributed by atoms with van der Waals surface area (Å²) >= 11 is 0. The van der Waals surface area contributed by atoms with Crippen molar-refractivity contribution in [2.45, 2.75) is 45.3 Å². The van der Waals surface area contributed by atoms with Gasteiger partial charge in [-0.2, -0.15) is 0 Å². The second-order valence-electron chi connectivity index (χ2n) is 8.82. The number of ether oxygens (including phenoxy) is 3. The molecule has 1 amide bonds. The molecule has 1 aliphatic rings. The molecule has 9 heteroatoms. The van der Waals surface area contributed by atoms with Crippen LogP contribution in [0.25, 0.3) is 0 Å². The van der Waals surface area contributed by atoms with Crippen LogP contribution in [0, 0.1) is 0 Å². The number of hydrogen-bond donors (Lipinski definition) is 3. The highest BCUT2D eigenvalue weighted by atomic mass is 16.6. The minimum atomic E-state index is -0.541. The lowest BCUT2D eigenvalue weighted by Gasteiger charge is -2.29. The second kappa shape index (κ2) is 10.3. The SMILES string of the molecule is COc1ccc(Oc2cc(C(N)=NO)ccc2NCC2CCCN2C(=O)OC(C)(C)C)cc1. The van der Waals surface area contributed by atoms with Crippen LogP contribution < -0.4 is 20.5 Å². The number of benzene rings is 2. The van der Waals surface area contributed by atoms with Gasteiger partial charge in [0.1, 0.15) is 17.1 Å². The minimum Gasteiger partial charge on any atom is -0.497 e. The van der Waals surface area contributed by atoms with Crippen molar-refractivity contribution in [1.82, 2.24) is 4.90 Å². The molecule has 2 aromatic rings. The fourth-order valence-corrected chi connectivity index (χ4v) is 3.58. The highest BCUT2D eigenvalue weighted by Gasteiger charge is 2.32. The number of nitrogens with zero attached hydrogens (tertiary/aromatic N) is 2. The highest BCUT2D eigenvalue weighted by Crippen LogP contribution is 2.32. The number of carbonyl (C=O) groups excluding carboxylic acids is 1. The van der Waals surface area contributed by atoms with E-state index in [1.54, 1.807) is 54.5 Å². The van der Waals surface area contributed by atoms with E-state index in [2.05, 4.69) is 10.5 Å². The summed E-state index contributed by atoms with van der Waals surface area (Å²) in [5.74, 6) is 1.81. The molecule has 0 bridgehead atoms. The molecule has 1 heterocycles. The fraction of sp³-hybridized carbons (Fsp3) is 0.417. The van der Waals surface area contributed by atoms with Crippen molar-refractivity contribution in [3.05, 3.63) is 48.0 Å². The summed E-state index contributed by atoms with van der Waals surface area (Å²) in [5.41, 5.74) is 6.46. The first kappa shape index (κ1) is 24.0. The quantitative estimate of drug-likeness (QED) is 0.245. The number of nitrogens with two attached hydrogens (primary N) is 1. The fourth-order valence-electron chi connectivity index (χ4n) is 3.58. The van der Waals surface area contributed by atoms with Crippen LogP contribution >= 0.6 is 0 Å². The molecule has 0 aliphatic carbocycles. The molecule has 4 N–H and O–H groups in total. The number of anilines is 1. The van der Waals surface area contributed by atoms with Gasteiger partial charge in [0, 0.05) is 18.7 Å². The van der Waals surface area contributed by atoms with Crippen molar-refractivity contribution in [3.8, 4) is 17.2 Å². The summed E-state index contributed by atoms with van der Waals surface area (Å²) in [4.78, 5) is 14.4. The normalized spacial score (nSPS) is 16.4. The predicted octanol–water partition coefficient (Wildman–Crippen LogP) is 4.39. The summed E-state index contributed by atoms with van der Waals surface area (Å²) in [5, 5.41) is 15.5. The molecule has 3 rings (SSSR count). The minimum absolute atomic E-state index is 0.00237. The van der Waals surface area contributed by atoms with Crippen LogP contribution in [0.15, 0.2) is 47.6 Å². The maximum atomic E-state index is 12.6. The molecule has 0 saturated carbocycles. The average Bonchev–Trinajstić information content (AvgIpc) is 3.26. The van der Waals surface area contributed by atoms with E-state index in [4.69, 9.17) is 25.2 Å². The molecular weight excluding hydrogens is 424 g/mol. The smallest absolute Gasteiger partial charge is 0.410 e. The third kappa shape index (κ3) is 6.44. The van der Waals surface area contributed by atoms with Gasteiger partial charge in [-0.3, -0.25) is 0 Å². The van der Waals surface area contributed by atoms with E-state index >= 15 is 0 Å². The van der Waals surface area contributed by atoms with Gasteiger partial charge < -0.3 is 35.4 Å². The number of methoxy groups -OCH3 is 1. The molecule has 0 aromatic heterocycles. The van der Waals surface area contributed by atoms with Crippen LogP contribution in [0.5, 0.6) is 17.2 Å². The second-order valence-corrected chi connectivity index (χ2v) is 8.82. The largest absolute Gasteiger partial charge is 0.497 e. The van der Waals surface area contributed by atoms with Crippen LogP contribution in [0.4, 0.5) is 10.5 Å². The molecule has 33 heavy (non-hydrogen) atoms. The molecule has 1 saturated heterocycles. The first-order valence-corrected chi connectivity index (χ1v) is 10.9. The van der Waals surface area contributed by atoms with Gasteiger partial charge in [-0.15, -0.1) is 0 Å². The monoisotopic (exact) mass is 456 g/mol. The Morgan fingerprint density at radius 1 is 1.21 bits per heavy atom. The number of amidine groups is 1. The van der Waals surface area contributed by atoms with Gasteiger partial charge in [0.05, 0.1) is 18.8 Å². The molecule has 0 radical (unpaired) electrons. The van der Waals surface area contributed by atoms with Gasteiger partial charge >= 0.3 is 6.09 Å². The van der Waals surface area contributed by atoms with Gasteiger partial charge in [0.2, 0.25) is 0 Å². The number of oxime groups is 1. The zero-order chi connectivity index (χ0) is 24.0. The van der Waals surface area contributed by atoms with Crippen molar-refractivity contribution in [2.24, 2.45) is 10.9 Å². The molecule has 178 valence electrons. The molecular formula is C24H32N4O5. The van der Waals surface area contributed by atoms with E-state index < -0.39 is 5.60 Å². The summed E-state index contributed by atoms with van der Waals surface area (Å²) < 4.78 is 16.8. The Hall–Kier alpha value is -3.62. The van der Waals surface area contributed by atoms with E-state index in [0.717, 1.165) is 24.3 Å². The van der Waals surface area contributed by atoms with Gasteiger partial charge in [-0.25, -0.2) is 4.79 Å². The van der Waals surface area contributed by atoms with E-state index in [1.165, 1.54) is 0 Å². The van der Waals surface area contributed by atoms with Crippen LogP contribution in [0.1, 0.15) is 39.2 Å². The number of amides is 1. The maximum absolute atomic E-state index is 12.6. The Kier molecular flexibility index (Phi) is 7.52. The summed E-state index contributed by atoms with van der Waals surface area (Å²) in [6.07, 6.45) is 1.50. The molecule has 1 atom stereocenters. The Balaban J connectivity index is 1.77. The molecule has 1 fully saturated rings. The molecule has 1 aliphatic heterocycles. The highest BCUT2D eigenvalue weighted by molar-refractivity contribution is 5.98. The molecule has 2 aromatic carbocycles. The van der Waals surface area contributed by atoms with Gasteiger partial charge in [-0.05, 0) is 76.1 Å². The number of carbonyl (C=O) groups is 1. The number of likely N-dealkylation sites (tertiary alicyclic amines) is 1. The topological polar surface area (TPSA) is 119 Å². The summed E-state index contributed by atoms with van der Waals surface area (Å²) in [7, 11) is 1.60. The third-order valence-corrected chi connectivity index (χ3v) is 5.21. The molecule has 0 spiro atoms. The molecule has 9 nitrogen and oxygen atoms in total. The number of rotatable bonds is 7. The van der Waals surface area contributed by atoms with Crippen LogP contribution in [0.3, 0.4) is 0 Å². The van der Waals surface area contributed by atoms with Crippen molar-refractivity contribution in [3.63, 3.8) is 0 Å². The Labute approximate surface area is 194 Å². The van der Waals surface area contributed by atoms with Gasteiger partial charge in [-0.1, -0.05) is 5.16 Å². The number of hydrogen-bond acceptors (Lipinski definition) is 7. The van der Waals surface area contributed by atoms with Crippen molar-refractivity contribution < 1.29 is 24.2 Å². The lowest BCUT2D eigenvalue weighted by atomic mass is 10.1. The lowest BCUT2D eigenvalue weighted by molar-refractivity contribution is 0.0235. The Morgan fingerprint density at radius 3 is 2.55 bits per heavy atom. The van der Waals surface area contributed by atoms with Crippen LogP contribution in [-0.2, 0) is 4.74 Å². The van der Waals surface area contributed by atoms with E-state index in [9.17, 15) is 4.79 Å². The van der Waals surface area contributed by atoms with Crippen LogP contribution in [-0.4, -0.2) is 53.9 Å². The van der Waals surface area contributed by atoms with E-state index in [1.807, 2.05) is 20.8 Å². The lowest BCUT2D eigenvalue weighted by Crippen LogP contribution is -2.42. The Bertz CT molecular complexity index is 985. The number of nitrogens with one attached hydrogen (secondary N) is 1. The summed E-state index contributed by atoms with van der Waals surface area (Å²) in [6.45, 7) is 6.78. The first-order chi connectivity index (χ1) is 15.7. The summed E-state index contributed by atoms with van der Waals surface area (Å²) in [6, 6.07) is 12.4. The molecule has 1 unspecified atom stereocenters. The van der Waals surface area contributed by atoms with Crippen molar-refractivity contribution in [2.75, 3.05) is 25.5 Å². The van der Waals surface area contributed by atoms with Gasteiger partial charge in [0.15, 0.2) is 11.6 Å². The maximum Gasteiger partial charge on any atom is 0.410 e. The predicted molar refractivity (Wildman–Crippen MR) is 126 cm³/mol. The van der Waals surface area contributed by atoms with Crippen LogP contribution in [0.2, 0.25) is 0 Å². The zero-order valence-corrected chi connectivity index (χ0v) is 19.5. The standard InChI is InChI=1S/C24H32N4O5/c1-24(2,3)33-23(29)28-13-5-6-17(28)15-26-20-12-7-16(22(25)27-30)14-21(20)32-19-10-8-18(31-4)9-11-19/h7-12,14,17,26,30H,5-6,13,15H2,1-4H3,(H2,25,27).